The van der Waals surface area contributed by atoms with Crippen LogP contribution in [-0.4, -0.2) is 44.8 Å². The van der Waals surface area contributed by atoms with E-state index < -0.39 is 10.0 Å². The molecule has 6 nitrogen and oxygen atoms in total. The van der Waals surface area contributed by atoms with E-state index in [1.807, 2.05) is 0 Å². The minimum absolute atomic E-state index is 0.0536. The predicted molar refractivity (Wildman–Crippen MR) is 114 cm³/mol. The molecule has 3 fully saturated rings. The number of benzene rings is 1. The molecule has 160 valence electrons. The van der Waals surface area contributed by atoms with Gasteiger partial charge in [-0.15, -0.1) is 0 Å². The molecule has 0 aromatic heterocycles. The van der Waals surface area contributed by atoms with Crippen LogP contribution in [-0.2, 0) is 10.0 Å². The number of nitrogens with one attached hydrogen (secondary N) is 2. The second kappa shape index (κ2) is 6.98. The Morgan fingerprint density at radius 2 is 1.86 bits per heavy atom. The Kier molecular flexibility index (Phi) is 4.97. The van der Waals surface area contributed by atoms with Gasteiger partial charge in [0, 0.05) is 31.7 Å². The van der Waals surface area contributed by atoms with Gasteiger partial charge in [-0.1, -0.05) is 20.8 Å². The fraction of sp³-hybridized carbons (Fsp3) is 0.682. The first-order valence-corrected chi connectivity index (χ1v) is 12.2. The maximum absolute atomic E-state index is 13.2. The molecule has 2 aliphatic carbocycles. The Labute approximate surface area is 174 Å². The van der Waals surface area contributed by atoms with E-state index in [1.165, 1.54) is 16.8 Å². The molecule has 0 spiro atoms. The zero-order chi connectivity index (χ0) is 21.0. The quantitative estimate of drug-likeness (QED) is 0.766. The molecule has 4 rings (SSSR count). The lowest BCUT2D eigenvalue weighted by Gasteiger charge is -2.43. The Morgan fingerprint density at radius 3 is 2.45 bits per heavy atom. The number of carbonyl (C=O) groups excluding carboxylic acids is 1. The number of carbonyl (C=O) groups is 1. The van der Waals surface area contributed by atoms with E-state index in [4.69, 9.17) is 0 Å². The van der Waals surface area contributed by atoms with E-state index in [-0.39, 0.29) is 27.7 Å². The predicted octanol–water partition coefficient (Wildman–Crippen LogP) is 3.46. The van der Waals surface area contributed by atoms with Crippen molar-refractivity contribution in [2.45, 2.75) is 63.8 Å². The molecule has 2 N–H and O–H groups in total. The standard InChI is InChI=1S/C22H33N3O3S/c1-21(2)16-9-10-22(3,14-16)20(21)24-19(26)15-7-8-17(23-4)18(13-15)29(27,28)25-11-5-6-12-25/h7-8,13,16,20,23H,5-6,9-12,14H2,1-4H3,(H,24,26)/t16-,20-,22-/m1/s1. The molecule has 3 aliphatic rings. The van der Waals surface area contributed by atoms with Crippen LogP contribution in [0.1, 0.15) is 63.2 Å². The van der Waals surface area contributed by atoms with Crippen LogP contribution in [0.5, 0.6) is 0 Å². The maximum Gasteiger partial charge on any atom is 0.251 e. The first-order chi connectivity index (χ1) is 13.6. The van der Waals surface area contributed by atoms with Crippen molar-refractivity contribution in [3.63, 3.8) is 0 Å². The molecule has 3 atom stereocenters. The highest BCUT2D eigenvalue weighted by atomic mass is 32.2. The average Bonchev–Trinajstić information content (AvgIpc) is 3.39. The third kappa shape index (κ3) is 3.26. The molecule has 1 aliphatic heterocycles. The molecule has 0 unspecified atom stereocenters. The number of hydrogen-bond acceptors (Lipinski definition) is 4. The topological polar surface area (TPSA) is 78.5 Å². The maximum atomic E-state index is 13.2. The lowest BCUT2D eigenvalue weighted by molar-refractivity contribution is 0.0737. The molecular formula is C22H33N3O3S. The number of nitrogens with zero attached hydrogens (tertiary/aromatic N) is 1. The molecule has 1 saturated heterocycles. The Balaban J connectivity index is 1.63. The highest BCUT2D eigenvalue weighted by molar-refractivity contribution is 7.89. The minimum atomic E-state index is -3.62. The van der Waals surface area contributed by atoms with Gasteiger partial charge in [0.15, 0.2) is 0 Å². The first-order valence-electron chi connectivity index (χ1n) is 10.7. The minimum Gasteiger partial charge on any atom is -0.387 e. The first kappa shape index (κ1) is 20.7. The van der Waals surface area contributed by atoms with E-state index in [1.54, 1.807) is 19.2 Å². The summed E-state index contributed by atoms with van der Waals surface area (Å²) < 4.78 is 27.8. The van der Waals surface area contributed by atoms with Crippen LogP contribution in [0.15, 0.2) is 23.1 Å². The number of amides is 1. The molecule has 1 aromatic rings. The number of anilines is 1. The number of hydrogen-bond donors (Lipinski definition) is 2. The second-order valence-electron chi connectivity index (χ2n) is 9.89. The van der Waals surface area contributed by atoms with Gasteiger partial charge < -0.3 is 10.6 Å². The molecule has 29 heavy (non-hydrogen) atoms. The molecule has 2 bridgehead atoms. The SMILES string of the molecule is CNc1ccc(C(=O)N[C@@H]2C(C)(C)[C@@H]3CC[C@]2(C)C3)cc1S(=O)(=O)N1CCCC1. The van der Waals surface area contributed by atoms with Gasteiger partial charge in [-0.2, -0.15) is 4.31 Å². The summed E-state index contributed by atoms with van der Waals surface area (Å²) in [5.41, 5.74) is 1.11. The fourth-order valence-corrected chi connectivity index (χ4v) is 7.77. The van der Waals surface area contributed by atoms with Crippen molar-refractivity contribution in [3.05, 3.63) is 23.8 Å². The highest BCUT2D eigenvalue weighted by Crippen LogP contribution is 2.62. The van der Waals surface area contributed by atoms with E-state index >= 15 is 0 Å². The lowest BCUT2D eigenvalue weighted by Crippen LogP contribution is -2.52. The summed E-state index contributed by atoms with van der Waals surface area (Å²) in [6.07, 6.45) is 5.28. The Morgan fingerprint density at radius 1 is 1.17 bits per heavy atom. The third-order valence-electron chi connectivity index (χ3n) is 7.74. The van der Waals surface area contributed by atoms with Crippen molar-refractivity contribution in [3.8, 4) is 0 Å². The van der Waals surface area contributed by atoms with Gasteiger partial charge in [0.2, 0.25) is 10.0 Å². The van der Waals surface area contributed by atoms with Crippen molar-refractivity contribution in [2.75, 3.05) is 25.5 Å². The van der Waals surface area contributed by atoms with E-state index in [0.717, 1.165) is 25.7 Å². The van der Waals surface area contributed by atoms with Crippen LogP contribution < -0.4 is 10.6 Å². The summed E-state index contributed by atoms with van der Waals surface area (Å²) in [6, 6.07) is 5.05. The molecule has 1 heterocycles. The van der Waals surface area contributed by atoms with Crippen LogP contribution in [0.4, 0.5) is 5.69 Å². The van der Waals surface area contributed by atoms with Gasteiger partial charge in [-0.05, 0) is 67.1 Å². The summed E-state index contributed by atoms with van der Waals surface area (Å²) in [4.78, 5) is 13.4. The zero-order valence-corrected chi connectivity index (χ0v) is 18.7. The monoisotopic (exact) mass is 419 g/mol. The van der Waals surface area contributed by atoms with Crippen LogP contribution >= 0.6 is 0 Å². The third-order valence-corrected chi connectivity index (χ3v) is 9.68. The molecule has 1 aromatic carbocycles. The van der Waals surface area contributed by atoms with E-state index in [2.05, 4.69) is 31.4 Å². The van der Waals surface area contributed by atoms with Gasteiger partial charge in [0.1, 0.15) is 4.90 Å². The van der Waals surface area contributed by atoms with Gasteiger partial charge in [-0.3, -0.25) is 4.79 Å². The van der Waals surface area contributed by atoms with Crippen molar-refractivity contribution < 1.29 is 13.2 Å². The van der Waals surface area contributed by atoms with Gasteiger partial charge in [0.05, 0.1) is 5.69 Å². The summed E-state index contributed by atoms with van der Waals surface area (Å²) in [5, 5.41) is 6.24. The van der Waals surface area contributed by atoms with Crippen LogP contribution in [0.2, 0.25) is 0 Å². The van der Waals surface area contributed by atoms with Crippen molar-refractivity contribution in [1.82, 2.24) is 9.62 Å². The number of sulfonamides is 1. The summed E-state index contributed by atoms with van der Waals surface area (Å²) in [6.45, 7) is 7.86. The Bertz CT molecular complexity index is 916. The highest BCUT2D eigenvalue weighted by Gasteiger charge is 2.59. The second-order valence-corrected chi connectivity index (χ2v) is 11.8. The molecule has 7 heteroatoms. The fourth-order valence-electron chi connectivity index (χ4n) is 6.03. The number of rotatable bonds is 5. The van der Waals surface area contributed by atoms with Gasteiger partial charge in [-0.25, -0.2) is 8.42 Å². The molecular weight excluding hydrogens is 386 g/mol. The zero-order valence-electron chi connectivity index (χ0n) is 17.9. The van der Waals surface area contributed by atoms with Crippen molar-refractivity contribution >= 4 is 21.6 Å². The van der Waals surface area contributed by atoms with Crippen LogP contribution in [0.3, 0.4) is 0 Å². The summed E-state index contributed by atoms with van der Waals surface area (Å²) in [7, 11) is -1.91. The summed E-state index contributed by atoms with van der Waals surface area (Å²) in [5.74, 6) is 0.452. The molecule has 2 saturated carbocycles. The Hall–Kier alpha value is -1.60. The smallest absolute Gasteiger partial charge is 0.251 e. The van der Waals surface area contributed by atoms with E-state index in [0.29, 0.717) is 30.3 Å². The van der Waals surface area contributed by atoms with Gasteiger partial charge >= 0.3 is 0 Å². The van der Waals surface area contributed by atoms with Crippen LogP contribution in [0, 0.1) is 16.7 Å². The van der Waals surface area contributed by atoms with E-state index in [9.17, 15) is 13.2 Å². The average molecular weight is 420 g/mol. The largest absolute Gasteiger partial charge is 0.387 e. The number of fused-ring (bicyclic) bond motifs is 2. The van der Waals surface area contributed by atoms with Crippen LogP contribution in [0.25, 0.3) is 0 Å². The van der Waals surface area contributed by atoms with Crippen molar-refractivity contribution in [1.29, 1.82) is 0 Å². The lowest BCUT2D eigenvalue weighted by atomic mass is 9.68. The summed E-state index contributed by atoms with van der Waals surface area (Å²) >= 11 is 0. The molecule has 1 amide bonds. The van der Waals surface area contributed by atoms with Crippen molar-refractivity contribution in [2.24, 2.45) is 16.7 Å². The molecule has 0 radical (unpaired) electrons. The normalized spacial score (nSPS) is 31.2. The van der Waals surface area contributed by atoms with Gasteiger partial charge in [0.25, 0.3) is 5.91 Å².